The first kappa shape index (κ1) is 26.2. The highest BCUT2D eigenvalue weighted by atomic mass is 35.5. The molecular weight excluding hydrogens is 509 g/mol. The fourth-order valence-corrected chi connectivity index (χ4v) is 6.24. The van der Waals surface area contributed by atoms with Crippen LogP contribution in [0.2, 0.25) is 10.0 Å². The molecule has 6 nitrogen and oxygen atoms in total. The van der Waals surface area contributed by atoms with Crippen LogP contribution in [0.3, 0.4) is 0 Å². The highest BCUT2D eigenvalue weighted by Crippen LogP contribution is 2.32. The van der Waals surface area contributed by atoms with Crippen LogP contribution in [0.15, 0.2) is 48.5 Å². The first-order valence-electron chi connectivity index (χ1n) is 13.0. The number of para-hydroxylation sites is 1. The second-order valence-electron chi connectivity index (χ2n) is 10.2. The number of halogens is 2. The van der Waals surface area contributed by atoms with Gasteiger partial charge in [0, 0.05) is 43.7 Å². The second-order valence-corrected chi connectivity index (χ2v) is 11.0. The highest BCUT2D eigenvalue weighted by Gasteiger charge is 2.34. The SMILES string of the molecule is COc1cc(C(=O)N2CCC(N3CCC(Cc4ccc(Cl)c(Cl)c4)[C@H](CO)C3)CC2)c2ccccc2n1. The largest absolute Gasteiger partial charge is 0.481 e. The van der Waals surface area contributed by atoms with Crippen molar-refractivity contribution in [2.24, 2.45) is 11.8 Å². The van der Waals surface area contributed by atoms with Crippen LogP contribution in [0.1, 0.15) is 35.2 Å². The number of methoxy groups -OCH3 is 1. The zero-order valence-electron chi connectivity index (χ0n) is 21.1. The van der Waals surface area contributed by atoms with Crippen LogP contribution in [0.4, 0.5) is 0 Å². The van der Waals surface area contributed by atoms with E-state index in [-0.39, 0.29) is 18.4 Å². The molecule has 8 heteroatoms. The first-order valence-corrected chi connectivity index (χ1v) is 13.7. The molecular formula is C29H33Cl2N3O3. The van der Waals surface area contributed by atoms with E-state index < -0.39 is 0 Å². The van der Waals surface area contributed by atoms with Crippen molar-refractivity contribution in [2.45, 2.75) is 31.7 Å². The summed E-state index contributed by atoms with van der Waals surface area (Å²) in [5, 5.41) is 12.2. The van der Waals surface area contributed by atoms with E-state index in [1.165, 1.54) is 5.56 Å². The van der Waals surface area contributed by atoms with Gasteiger partial charge in [-0.15, -0.1) is 0 Å². The van der Waals surface area contributed by atoms with Crippen molar-refractivity contribution in [3.8, 4) is 5.88 Å². The van der Waals surface area contributed by atoms with E-state index in [9.17, 15) is 9.90 Å². The van der Waals surface area contributed by atoms with Gasteiger partial charge in [-0.1, -0.05) is 47.5 Å². The van der Waals surface area contributed by atoms with Gasteiger partial charge in [0.1, 0.15) is 0 Å². The Balaban J connectivity index is 1.20. The Kier molecular flexibility index (Phi) is 8.20. The first-order chi connectivity index (χ1) is 18.0. The molecule has 0 saturated carbocycles. The van der Waals surface area contributed by atoms with Gasteiger partial charge in [-0.2, -0.15) is 0 Å². The van der Waals surface area contributed by atoms with Gasteiger partial charge < -0.3 is 14.7 Å². The Hall–Kier alpha value is -2.38. The van der Waals surface area contributed by atoms with Crippen molar-refractivity contribution < 1.29 is 14.6 Å². The molecule has 0 radical (unpaired) electrons. The Bertz CT molecular complexity index is 1260. The van der Waals surface area contributed by atoms with Crippen LogP contribution in [-0.2, 0) is 6.42 Å². The van der Waals surface area contributed by atoms with Gasteiger partial charge in [0.05, 0.1) is 28.2 Å². The van der Waals surface area contributed by atoms with Gasteiger partial charge in [-0.05, 0) is 67.8 Å². The zero-order valence-corrected chi connectivity index (χ0v) is 22.6. The van der Waals surface area contributed by atoms with Crippen molar-refractivity contribution in [3.05, 3.63) is 69.7 Å². The van der Waals surface area contributed by atoms with E-state index in [2.05, 4.69) is 9.88 Å². The number of likely N-dealkylation sites (tertiary alicyclic amines) is 2. The lowest BCUT2D eigenvalue weighted by molar-refractivity contribution is 0.0242. The Labute approximate surface area is 228 Å². The van der Waals surface area contributed by atoms with Gasteiger partial charge in [0.15, 0.2) is 0 Å². The van der Waals surface area contributed by atoms with Crippen molar-refractivity contribution in [1.29, 1.82) is 0 Å². The van der Waals surface area contributed by atoms with E-state index >= 15 is 0 Å². The molecule has 1 aromatic heterocycles. The lowest BCUT2D eigenvalue weighted by Crippen LogP contribution is -2.52. The number of hydrogen-bond donors (Lipinski definition) is 1. The normalized spacial score (nSPS) is 21.4. The topological polar surface area (TPSA) is 65.9 Å². The maximum atomic E-state index is 13.5. The fourth-order valence-electron chi connectivity index (χ4n) is 5.92. The van der Waals surface area contributed by atoms with Gasteiger partial charge in [-0.25, -0.2) is 4.98 Å². The van der Waals surface area contributed by atoms with Crippen LogP contribution in [-0.4, -0.2) is 71.7 Å². The third-order valence-corrected chi connectivity index (χ3v) is 8.78. The number of piperidine rings is 2. The van der Waals surface area contributed by atoms with E-state index in [0.29, 0.717) is 33.4 Å². The standard InChI is InChI=1S/C29H33Cl2N3O3/c1-37-28-16-24(23-4-2-3-5-27(23)32-28)29(36)33-12-9-22(10-13-33)34-11-8-20(21(17-34)18-35)14-19-6-7-25(30)26(31)15-19/h2-7,15-16,20-22,35H,8-14,17-18H2,1H3/t20?,21-/m0/s1. The minimum Gasteiger partial charge on any atom is -0.481 e. The smallest absolute Gasteiger partial charge is 0.254 e. The summed E-state index contributed by atoms with van der Waals surface area (Å²) in [4.78, 5) is 22.5. The number of amides is 1. The zero-order chi connectivity index (χ0) is 25.9. The number of aliphatic hydroxyl groups excluding tert-OH is 1. The summed E-state index contributed by atoms with van der Waals surface area (Å²) in [6, 6.07) is 15.7. The van der Waals surface area contributed by atoms with Crippen LogP contribution in [0, 0.1) is 11.8 Å². The van der Waals surface area contributed by atoms with E-state index in [1.54, 1.807) is 13.2 Å². The van der Waals surface area contributed by atoms with E-state index in [4.69, 9.17) is 27.9 Å². The van der Waals surface area contributed by atoms with Crippen LogP contribution in [0.25, 0.3) is 10.9 Å². The third-order valence-electron chi connectivity index (χ3n) is 8.04. The summed E-state index contributed by atoms with van der Waals surface area (Å²) in [5.41, 5.74) is 2.57. The minimum absolute atomic E-state index is 0.0314. The summed E-state index contributed by atoms with van der Waals surface area (Å²) in [6.07, 6.45) is 3.79. The summed E-state index contributed by atoms with van der Waals surface area (Å²) < 4.78 is 5.35. The number of aromatic nitrogens is 1. The lowest BCUT2D eigenvalue weighted by atomic mass is 9.80. The average Bonchev–Trinajstić information content (AvgIpc) is 2.94. The molecule has 2 saturated heterocycles. The molecule has 5 rings (SSSR count). The quantitative estimate of drug-likeness (QED) is 0.457. The fraction of sp³-hybridized carbons (Fsp3) is 0.448. The molecule has 2 aromatic carbocycles. The van der Waals surface area contributed by atoms with Gasteiger partial charge in [0.25, 0.3) is 5.91 Å². The van der Waals surface area contributed by atoms with E-state index in [1.807, 2.05) is 47.4 Å². The molecule has 196 valence electrons. The monoisotopic (exact) mass is 541 g/mol. The molecule has 2 aliphatic rings. The molecule has 1 unspecified atom stereocenters. The Morgan fingerprint density at radius 3 is 2.54 bits per heavy atom. The summed E-state index contributed by atoms with van der Waals surface area (Å²) in [6.45, 7) is 3.50. The molecule has 2 atom stereocenters. The number of pyridine rings is 1. The minimum atomic E-state index is 0.0314. The third kappa shape index (κ3) is 5.73. The second kappa shape index (κ2) is 11.6. The predicted octanol–water partition coefficient (Wildman–Crippen LogP) is 5.33. The lowest BCUT2D eigenvalue weighted by Gasteiger charge is -2.44. The van der Waals surface area contributed by atoms with Crippen molar-refractivity contribution >= 4 is 40.0 Å². The molecule has 2 aliphatic heterocycles. The molecule has 3 heterocycles. The van der Waals surface area contributed by atoms with E-state index in [0.717, 1.165) is 62.8 Å². The average molecular weight is 543 g/mol. The van der Waals surface area contributed by atoms with Crippen molar-refractivity contribution in [1.82, 2.24) is 14.8 Å². The van der Waals surface area contributed by atoms with Crippen molar-refractivity contribution in [3.63, 3.8) is 0 Å². The predicted molar refractivity (Wildman–Crippen MR) is 148 cm³/mol. The van der Waals surface area contributed by atoms with Crippen LogP contribution in [0.5, 0.6) is 5.88 Å². The van der Waals surface area contributed by atoms with Gasteiger partial charge >= 0.3 is 0 Å². The summed E-state index contributed by atoms with van der Waals surface area (Å²) in [5.74, 6) is 1.12. The van der Waals surface area contributed by atoms with Gasteiger partial charge in [-0.3, -0.25) is 9.69 Å². The summed E-state index contributed by atoms with van der Waals surface area (Å²) in [7, 11) is 1.57. The Morgan fingerprint density at radius 2 is 1.81 bits per heavy atom. The molecule has 0 bridgehead atoms. The molecule has 3 aromatic rings. The number of fused-ring (bicyclic) bond motifs is 1. The molecule has 0 spiro atoms. The maximum absolute atomic E-state index is 13.5. The highest BCUT2D eigenvalue weighted by molar-refractivity contribution is 6.42. The number of aliphatic hydroxyl groups is 1. The van der Waals surface area contributed by atoms with Crippen LogP contribution < -0.4 is 4.74 Å². The van der Waals surface area contributed by atoms with Crippen LogP contribution >= 0.6 is 23.2 Å². The number of ether oxygens (including phenoxy) is 1. The number of benzene rings is 2. The molecule has 37 heavy (non-hydrogen) atoms. The molecule has 2 fully saturated rings. The van der Waals surface area contributed by atoms with Crippen molar-refractivity contribution in [2.75, 3.05) is 39.9 Å². The molecule has 1 amide bonds. The maximum Gasteiger partial charge on any atom is 0.254 e. The molecule has 0 aliphatic carbocycles. The number of nitrogens with zero attached hydrogens (tertiary/aromatic N) is 3. The number of carbonyl (C=O) groups excluding carboxylic acids is 1. The molecule has 1 N–H and O–H groups in total. The number of rotatable bonds is 6. The van der Waals surface area contributed by atoms with Gasteiger partial charge in [0.2, 0.25) is 5.88 Å². The number of carbonyl (C=O) groups is 1. The number of hydrogen-bond acceptors (Lipinski definition) is 5. The summed E-state index contributed by atoms with van der Waals surface area (Å²) >= 11 is 12.3. The Morgan fingerprint density at radius 1 is 1.03 bits per heavy atom.